The first-order chi connectivity index (χ1) is 11.1. The molecule has 4 unspecified atom stereocenters. The van der Waals surface area contributed by atoms with Crippen LogP contribution in [0.4, 0.5) is 4.79 Å². The number of hydrogen-bond donors (Lipinski definition) is 1. The minimum absolute atomic E-state index is 0.0812. The van der Waals surface area contributed by atoms with Crippen LogP contribution in [0.15, 0.2) is 0 Å². The van der Waals surface area contributed by atoms with E-state index in [9.17, 15) is 14.7 Å². The average molecular weight is 340 g/mol. The molecular formula is C18H32N2O4. The summed E-state index contributed by atoms with van der Waals surface area (Å²) in [6, 6.07) is 0.927. The van der Waals surface area contributed by atoms with Crippen LogP contribution in [0.5, 0.6) is 0 Å². The SMILES string of the molecule is CC1CCCC(C)N1C1CC(C(=O)O)CN(C(=O)OC(C)(C)C)C1. The molecule has 4 atom stereocenters. The average Bonchev–Trinajstić information content (AvgIpc) is 2.45. The van der Waals surface area contributed by atoms with Gasteiger partial charge in [-0.05, 0) is 53.9 Å². The van der Waals surface area contributed by atoms with Crippen molar-refractivity contribution >= 4 is 12.1 Å². The van der Waals surface area contributed by atoms with Crippen molar-refractivity contribution in [1.29, 1.82) is 0 Å². The van der Waals surface area contributed by atoms with E-state index < -0.39 is 23.6 Å². The van der Waals surface area contributed by atoms with E-state index in [1.165, 1.54) is 6.42 Å². The number of likely N-dealkylation sites (tertiary alicyclic amines) is 2. The minimum atomic E-state index is -0.828. The maximum absolute atomic E-state index is 12.5. The molecule has 0 aromatic heterocycles. The molecule has 2 saturated heterocycles. The van der Waals surface area contributed by atoms with Crippen molar-refractivity contribution in [2.45, 2.75) is 84.0 Å². The van der Waals surface area contributed by atoms with Gasteiger partial charge in [0.25, 0.3) is 0 Å². The fraction of sp³-hybridized carbons (Fsp3) is 0.889. The number of amides is 1. The Kier molecular flexibility index (Phi) is 5.78. The topological polar surface area (TPSA) is 70.1 Å². The molecule has 1 amide bonds. The van der Waals surface area contributed by atoms with Gasteiger partial charge in [-0.25, -0.2) is 4.79 Å². The number of ether oxygens (including phenoxy) is 1. The minimum Gasteiger partial charge on any atom is -0.481 e. The molecule has 0 bridgehead atoms. The summed E-state index contributed by atoms with van der Waals surface area (Å²) in [5, 5.41) is 9.52. The molecule has 2 aliphatic heterocycles. The Labute approximate surface area is 145 Å². The number of carbonyl (C=O) groups excluding carboxylic acids is 1. The van der Waals surface area contributed by atoms with E-state index >= 15 is 0 Å². The first-order valence-electron chi connectivity index (χ1n) is 9.06. The maximum atomic E-state index is 12.5. The van der Waals surface area contributed by atoms with Crippen LogP contribution in [-0.2, 0) is 9.53 Å². The normalized spacial score (nSPS) is 32.5. The third kappa shape index (κ3) is 4.62. The molecule has 0 aromatic rings. The Morgan fingerprint density at radius 3 is 2.17 bits per heavy atom. The van der Waals surface area contributed by atoms with Gasteiger partial charge in [-0.1, -0.05) is 6.42 Å². The quantitative estimate of drug-likeness (QED) is 0.837. The van der Waals surface area contributed by atoms with Crippen molar-refractivity contribution in [3.63, 3.8) is 0 Å². The molecule has 0 radical (unpaired) electrons. The number of hydrogen-bond acceptors (Lipinski definition) is 4. The van der Waals surface area contributed by atoms with Crippen LogP contribution in [0.3, 0.4) is 0 Å². The van der Waals surface area contributed by atoms with E-state index in [4.69, 9.17) is 4.74 Å². The lowest BCUT2D eigenvalue weighted by Crippen LogP contribution is -2.59. The molecule has 2 aliphatic rings. The zero-order valence-electron chi connectivity index (χ0n) is 15.6. The van der Waals surface area contributed by atoms with Crippen molar-refractivity contribution in [3.8, 4) is 0 Å². The monoisotopic (exact) mass is 340 g/mol. The third-order valence-electron chi connectivity index (χ3n) is 5.11. The van der Waals surface area contributed by atoms with Crippen molar-refractivity contribution < 1.29 is 19.4 Å². The smallest absolute Gasteiger partial charge is 0.410 e. The first kappa shape index (κ1) is 19.0. The molecule has 2 heterocycles. The summed E-state index contributed by atoms with van der Waals surface area (Å²) < 4.78 is 5.47. The number of carboxylic acid groups (broad SMARTS) is 1. The Bertz CT molecular complexity index is 464. The van der Waals surface area contributed by atoms with Gasteiger partial charge in [-0.2, -0.15) is 0 Å². The summed E-state index contributed by atoms with van der Waals surface area (Å²) in [6.07, 6.45) is 3.67. The molecule has 0 aliphatic carbocycles. The molecular weight excluding hydrogens is 308 g/mol. The summed E-state index contributed by atoms with van der Waals surface area (Å²) >= 11 is 0. The number of carbonyl (C=O) groups is 2. The summed E-state index contributed by atoms with van der Waals surface area (Å²) in [4.78, 5) is 28.1. The van der Waals surface area contributed by atoms with Crippen LogP contribution < -0.4 is 0 Å². The van der Waals surface area contributed by atoms with Crippen molar-refractivity contribution in [2.75, 3.05) is 13.1 Å². The lowest BCUT2D eigenvalue weighted by atomic mass is 9.88. The summed E-state index contributed by atoms with van der Waals surface area (Å²) in [6.45, 7) is 10.7. The van der Waals surface area contributed by atoms with E-state index in [-0.39, 0.29) is 12.6 Å². The lowest BCUT2D eigenvalue weighted by molar-refractivity contribution is -0.145. The highest BCUT2D eigenvalue weighted by atomic mass is 16.6. The van der Waals surface area contributed by atoms with Gasteiger partial charge in [-0.3, -0.25) is 9.69 Å². The number of piperidine rings is 2. The zero-order valence-corrected chi connectivity index (χ0v) is 15.6. The van der Waals surface area contributed by atoms with Gasteiger partial charge in [0.1, 0.15) is 5.60 Å². The Hall–Kier alpha value is -1.30. The summed E-state index contributed by atoms with van der Waals surface area (Å²) in [5.74, 6) is -1.36. The number of aliphatic carboxylic acids is 1. The van der Waals surface area contributed by atoms with Gasteiger partial charge in [0.15, 0.2) is 0 Å². The van der Waals surface area contributed by atoms with Crippen LogP contribution >= 0.6 is 0 Å². The highest BCUT2D eigenvalue weighted by Gasteiger charge is 2.41. The van der Waals surface area contributed by atoms with Crippen LogP contribution in [0.2, 0.25) is 0 Å². The first-order valence-corrected chi connectivity index (χ1v) is 9.06. The van der Waals surface area contributed by atoms with Crippen LogP contribution in [0, 0.1) is 5.92 Å². The Morgan fingerprint density at radius 2 is 1.67 bits per heavy atom. The number of rotatable bonds is 2. The highest BCUT2D eigenvalue weighted by molar-refractivity contribution is 5.73. The molecule has 2 fully saturated rings. The van der Waals surface area contributed by atoms with E-state index in [1.807, 2.05) is 20.8 Å². The molecule has 0 spiro atoms. The van der Waals surface area contributed by atoms with Crippen molar-refractivity contribution in [2.24, 2.45) is 5.92 Å². The van der Waals surface area contributed by atoms with E-state index in [2.05, 4.69) is 18.7 Å². The molecule has 0 aromatic carbocycles. The summed E-state index contributed by atoms with van der Waals surface area (Å²) in [5.41, 5.74) is -0.575. The molecule has 0 saturated carbocycles. The van der Waals surface area contributed by atoms with Gasteiger partial charge < -0.3 is 14.7 Å². The molecule has 6 heteroatoms. The van der Waals surface area contributed by atoms with Gasteiger partial charge in [0.2, 0.25) is 0 Å². The van der Waals surface area contributed by atoms with Crippen LogP contribution in [-0.4, -0.2) is 63.8 Å². The Morgan fingerprint density at radius 1 is 1.08 bits per heavy atom. The van der Waals surface area contributed by atoms with Gasteiger partial charge in [0, 0.05) is 31.2 Å². The Balaban J connectivity index is 2.16. The predicted octanol–water partition coefficient (Wildman–Crippen LogP) is 2.96. The molecule has 2 rings (SSSR count). The standard InChI is InChI=1S/C18H32N2O4/c1-12-7-6-8-13(2)20(12)15-9-14(16(21)22)10-19(11-15)17(23)24-18(3,4)5/h12-15H,6-11H2,1-5H3,(H,21,22). The van der Waals surface area contributed by atoms with Gasteiger partial charge in [-0.15, -0.1) is 0 Å². The van der Waals surface area contributed by atoms with E-state index in [0.29, 0.717) is 25.0 Å². The molecule has 24 heavy (non-hydrogen) atoms. The number of nitrogens with zero attached hydrogens (tertiary/aromatic N) is 2. The van der Waals surface area contributed by atoms with Gasteiger partial charge >= 0.3 is 12.1 Å². The number of carboxylic acids is 1. The van der Waals surface area contributed by atoms with E-state index in [1.54, 1.807) is 4.90 Å². The second-order valence-corrected chi connectivity index (χ2v) is 8.39. The lowest BCUT2D eigenvalue weighted by Gasteiger charge is -2.48. The van der Waals surface area contributed by atoms with Crippen LogP contribution in [0.1, 0.15) is 60.3 Å². The fourth-order valence-corrected chi connectivity index (χ4v) is 4.10. The highest BCUT2D eigenvalue weighted by Crippen LogP contribution is 2.31. The molecule has 1 N–H and O–H groups in total. The summed E-state index contributed by atoms with van der Waals surface area (Å²) in [7, 11) is 0. The predicted molar refractivity (Wildman–Crippen MR) is 92.0 cm³/mol. The largest absolute Gasteiger partial charge is 0.481 e. The van der Waals surface area contributed by atoms with Crippen LogP contribution in [0.25, 0.3) is 0 Å². The van der Waals surface area contributed by atoms with Crippen molar-refractivity contribution in [1.82, 2.24) is 9.80 Å². The second kappa shape index (κ2) is 7.30. The van der Waals surface area contributed by atoms with Gasteiger partial charge in [0.05, 0.1) is 5.92 Å². The second-order valence-electron chi connectivity index (χ2n) is 8.39. The zero-order chi connectivity index (χ0) is 18.1. The molecule has 6 nitrogen and oxygen atoms in total. The van der Waals surface area contributed by atoms with Crippen molar-refractivity contribution in [3.05, 3.63) is 0 Å². The third-order valence-corrected chi connectivity index (χ3v) is 5.11. The molecule has 138 valence electrons. The fourth-order valence-electron chi connectivity index (χ4n) is 4.10. The van der Waals surface area contributed by atoms with E-state index in [0.717, 1.165) is 12.8 Å². The maximum Gasteiger partial charge on any atom is 0.410 e.